The van der Waals surface area contributed by atoms with Crippen LogP contribution in [0.2, 0.25) is 0 Å². The first-order valence-corrected chi connectivity index (χ1v) is 7.94. The number of aryl methyl sites for hydroxylation is 1. The highest BCUT2D eigenvalue weighted by Gasteiger charge is 2.07. The van der Waals surface area contributed by atoms with E-state index in [1.807, 2.05) is 19.1 Å². The van der Waals surface area contributed by atoms with Crippen molar-refractivity contribution in [1.82, 2.24) is 0 Å². The topological polar surface area (TPSA) is 41.1 Å². The number of anilines is 2. The van der Waals surface area contributed by atoms with Gasteiger partial charge in [0.25, 0.3) is 0 Å². The molecule has 2 aromatic carbocycles. The summed E-state index contributed by atoms with van der Waals surface area (Å²) in [6, 6.07) is 14.7. The molecule has 2 rings (SSSR count). The molecule has 110 valence electrons. The quantitative estimate of drug-likeness (QED) is 0.737. The lowest BCUT2D eigenvalue weighted by Gasteiger charge is -2.17. The van der Waals surface area contributed by atoms with Crippen molar-refractivity contribution in [3.63, 3.8) is 0 Å². The van der Waals surface area contributed by atoms with Gasteiger partial charge in [-0.05, 0) is 77.9 Å². The maximum absolute atomic E-state index is 11.1. The van der Waals surface area contributed by atoms with E-state index in [0.29, 0.717) is 0 Å². The molecule has 21 heavy (non-hydrogen) atoms. The van der Waals surface area contributed by atoms with Gasteiger partial charge in [-0.25, -0.2) is 0 Å². The number of hydrogen-bond donors (Lipinski definition) is 2. The lowest BCUT2D eigenvalue weighted by Crippen LogP contribution is -2.09. The molecule has 3 nitrogen and oxygen atoms in total. The summed E-state index contributed by atoms with van der Waals surface area (Å²) in [5.41, 5.74) is 4.20. The third-order valence-electron chi connectivity index (χ3n) is 3.29. The lowest BCUT2D eigenvalue weighted by atomic mass is 10.1. The van der Waals surface area contributed by atoms with Crippen LogP contribution in [-0.4, -0.2) is 5.91 Å². The molecule has 0 aliphatic heterocycles. The Bertz CT molecular complexity index is 638. The van der Waals surface area contributed by atoms with Crippen molar-refractivity contribution in [3.8, 4) is 0 Å². The summed E-state index contributed by atoms with van der Waals surface area (Å²) >= 11 is 2.31. The predicted octanol–water partition coefficient (Wildman–Crippen LogP) is 4.73. The number of rotatable bonds is 4. The van der Waals surface area contributed by atoms with Gasteiger partial charge in [0.2, 0.25) is 5.91 Å². The van der Waals surface area contributed by atoms with Crippen molar-refractivity contribution in [1.29, 1.82) is 0 Å². The van der Waals surface area contributed by atoms with E-state index in [-0.39, 0.29) is 11.9 Å². The molecule has 2 aromatic rings. The number of nitrogens with one attached hydrogen (secondary N) is 2. The molecule has 0 heterocycles. The second kappa shape index (κ2) is 6.93. The van der Waals surface area contributed by atoms with Crippen LogP contribution in [0.4, 0.5) is 11.4 Å². The average molecular weight is 394 g/mol. The molecule has 1 unspecified atom stereocenters. The molecule has 0 bridgehead atoms. The highest BCUT2D eigenvalue weighted by molar-refractivity contribution is 14.1. The van der Waals surface area contributed by atoms with Crippen LogP contribution in [0, 0.1) is 10.5 Å². The Labute approximate surface area is 139 Å². The summed E-state index contributed by atoms with van der Waals surface area (Å²) < 4.78 is 1.24. The van der Waals surface area contributed by atoms with Crippen molar-refractivity contribution in [2.45, 2.75) is 26.8 Å². The van der Waals surface area contributed by atoms with Gasteiger partial charge in [-0.3, -0.25) is 4.79 Å². The molecule has 0 saturated carbocycles. The summed E-state index contributed by atoms with van der Waals surface area (Å²) in [7, 11) is 0. The Morgan fingerprint density at radius 1 is 1.14 bits per heavy atom. The first-order chi connectivity index (χ1) is 9.95. The molecule has 0 aromatic heterocycles. The van der Waals surface area contributed by atoms with Crippen LogP contribution in [0.3, 0.4) is 0 Å². The van der Waals surface area contributed by atoms with Gasteiger partial charge in [0.15, 0.2) is 0 Å². The van der Waals surface area contributed by atoms with Gasteiger partial charge in [0, 0.05) is 27.9 Å². The molecule has 1 amide bonds. The number of hydrogen-bond acceptors (Lipinski definition) is 2. The van der Waals surface area contributed by atoms with Gasteiger partial charge >= 0.3 is 0 Å². The van der Waals surface area contributed by atoms with E-state index in [9.17, 15) is 4.79 Å². The molecular formula is C17H19IN2O. The van der Waals surface area contributed by atoms with Crippen LogP contribution in [0.1, 0.15) is 31.0 Å². The van der Waals surface area contributed by atoms with Gasteiger partial charge < -0.3 is 10.6 Å². The van der Waals surface area contributed by atoms with E-state index in [2.05, 4.69) is 70.5 Å². The number of carbonyl (C=O) groups is 1. The largest absolute Gasteiger partial charge is 0.379 e. The minimum Gasteiger partial charge on any atom is -0.379 e. The van der Waals surface area contributed by atoms with Crippen molar-refractivity contribution in [2.75, 3.05) is 10.6 Å². The molecular weight excluding hydrogens is 375 g/mol. The molecule has 0 radical (unpaired) electrons. The average Bonchev–Trinajstić information content (AvgIpc) is 2.42. The first-order valence-electron chi connectivity index (χ1n) is 6.86. The number of halogens is 1. The molecule has 0 aliphatic carbocycles. The van der Waals surface area contributed by atoms with Crippen molar-refractivity contribution >= 4 is 39.9 Å². The van der Waals surface area contributed by atoms with E-state index in [0.717, 1.165) is 16.9 Å². The smallest absolute Gasteiger partial charge is 0.221 e. The Balaban J connectivity index is 2.10. The fourth-order valence-corrected chi connectivity index (χ4v) is 2.53. The van der Waals surface area contributed by atoms with Gasteiger partial charge in [-0.2, -0.15) is 0 Å². The summed E-state index contributed by atoms with van der Waals surface area (Å²) in [5.74, 6) is -0.0499. The van der Waals surface area contributed by atoms with E-state index >= 15 is 0 Å². The zero-order valence-electron chi connectivity index (χ0n) is 12.4. The van der Waals surface area contributed by atoms with Crippen LogP contribution < -0.4 is 10.6 Å². The molecule has 0 fully saturated rings. The van der Waals surface area contributed by atoms with Crippen LogP contribution >= 0.6 is 22.6 Å². The van der Waals surface area contributed by atoms with Crippen molar-refractivity contribution < 1.29 is 4.79 Å². The van der Waals surface area contributed by atoms with Crippen LogP contribution in [0.15, 0.2) is 42.5 Å². The Kier molecular flexibility index (Phi) is 5.22. The van der Waals surface area contributed by atoms with Gasteiger partial charge in [-0.15, -0.1) is 0 Å². The highest BCUT2D eigenvalue weighted by atomic mass is 127. The number of amides is 1. The number of carbonyl (C=O) groups excluding carboxylic acids is 1. The van der Waals surface area contributed by atoms with Crippen LogP contribution in [-0.2, 0) is 4.79 Å². The summed E-state index contributed by atoms with van der Waals surface area (Å²) in [4.78, 5) is 11.1. The van der Waals surface area contributed by atoms with Crippen LogP contribution in [0.5, 0.6) is 0 Å². The molecule has 0 spiro atoms. The van der Waals surface area contributed by atoms with Crippen molar-refractivity contribution in [2.24, 2.45) is 0 Å². The zero-order chi connectivity index (χ0) is 15.4. The van der Waals surface area contributed by atoms with E-state index < -0.39 is 0 Å². The van der Waals surface area contributed by atoms with Gasteiger partial charge in [-0.1, -0.05) is 12.1 Å². The van der Waals surface area contributed by atoms with Crippen molar-refractivity contribution in [3.05, 3.63) is 57.2 Å². The fraction of sp³-hybridized carbons (Fsp3) is 0.235. The minimum absolute atomic E-state index is 0.0499. The van der Waals surface area contributed by atoms with E-state index in [4.69, 9.17) is 0 Å². The predicted molar refractivity (Wildman–Crippen MR) is 96.7 cm³/mol. The second-order valence-corrected chi connectivity index (χ2v) is 6.37. The zero-order valence-corrected chi connectivity index (χ0v) is 14.6. The maximum Gasteiger partial charge on any atom is 0.221 e. The monoisotopic (exact) mass is 394 g/mol. The normalized spacial score (nSPS) is 11.8. The molecule has 0 saturated heterocycles. The highest BCUT2D eigenvalue weighted by Crippen LogP contribution is 2.24. The standard InChI is InChI=1S/C17H19IN2O/c1-11-10-16(8-9-17(11)20-13(3)21)19-12(2)14-4-6-15(18)7-5-14/h4-10,12,19H,1-3H3,(H,20,21). The lowest BCUT2D eigenvalue weighted by molar-refractivity contribution is -0.114. The van der Waals surface area contributed by atoms with E-state index in [1.165, 1.54) is 16.1 Å². The Morgan fingerprint density at radius 3 is 2.38 bits per heavy atom. The fourth-order valence-electron chi connectivity index (χ4n) is 2.17. The van der Waals surface area contributed by atoms with Gasteiger partial charge in [0.05, 0.1) is 0 Å². The third-order valence-corrected chi connectivity index (χ3v) is 4.01. The first kappa shape index (κ1) is 15.8. The second-order valence-electron chi connectivity index (χ2n) is 5.13. The molecule has 2 N–H and O–H groups in total. The summed E-state index contributed by atoms with van der Waals surface area (Å²) in [6.45, 7) is 5.65. The number of benzene rings is 2. The minimum atomic E-state index is -0.0499. The maximum atomic E-state index is 11.1. The Morgan fingerprint density at radius 2 is 1.81 bits per heavy atom. The summed E-state index contributed by atoms with van der Waals surface area (Å²) in [6.07, 6.45) is 0. The van der Waals surface area contributed by atoms with Crippen LogP contribution in [0.25, 0.3) is 0 Å². The molecule has 0 aliphatic rings. The molecule has 4 heteroatoms. The molecule has 1 atom stereocenters. The Hall–Kier alpha value is -1.56. The SMILES string of the molecule is CC(=O)Nc1ccc(NC(C)c2ccc(I)cc2)cc1C. The summed E-state index contributed by atoms with van der Waals surface area (Å²) in [5, 5.41) is 6.31. The third kappa shape index (κ3) is 4.46. The van der Waals surface area contributed by atoms with Gasteiger partial charge in [0.1, 0.15) is 0 Å². The van der Waals surface area contributed by atoms with E-state index in [1.54, 1.807) is 0 Å².